The zero-order chi connectivity index (χ0) is 17.1. The summed E-state index contributed by atoms with van der Waals surface area (Å²) in [5, 5.41) is 7.54. The van der Waals surface area contributed by atoms with E-state index < -0.39 is 0 Å². The summed E-state index contributed by atoms with van der Waals surface area (Å²) in [4.78, 5) is 12.8. The molecule has 0 radical (unpaired) electrons. The Kier molecular flexibility index (Phi) is 4.67. The van der Waals surface area contributed by atoms with E-state index in [1.54, 1.807) is 13.0 Å². The molecule has 0 aliphatic carbocycles. The first-order chi connectivity index (χ1) is 11.6. The minimum Gasteiger partial charge on any atom is -0.360 e. The molecule has 0 saturated heterocycles. The van der Waals surface area contributed by atoms with Gasteiger partial charge in [-0.05, 0) is 25.5 Å². The Balaban J connectivity index is 1.91. The van der Waals surface area contributed by atoms with Crippen LogP contribution in [-0.4, -0.2) is 11.1 Å². The second kappa shape index (κ2) is 6.89. The molecule has 4 nitrogen and oxygen atoms in total. The van der Waals surface area contributed by atoms with Gasteiger partial charge in [0.2, 0.25) is 0 Å². The van der Waals surface area contributed by atoms with Crippen LogP contribution in [0.1, 0.15) is 34.6 Å². The van der Waals surface area contributed by atoms with Crippen molar-refractivity contribution in [3.05, 3.63) is 76.5 Å². The van der Waals surface area contributed by atoms with Gasteiger partial charge < -0.3 is 9.84 Å². The van der Waals surface area contributed by atoms with Crippen LogP contribution in [0, 0.1) is 6.92 Å². The van der Waals surface area contributed by atoms with Gasteiger partial charge in [0, 0.05) is 5.56 Å². The third-order valence-corrected chi connectivity index (χ3v) is 4.20. The van der Waals surface area contributed by atoms with Crippen molar-refractivity contribution < 1.29 is 9.32 Å². The third-order valence-electron chi connectivity index (χ3n) is 3.87. The van der Waals surface area contributed by atoms with Crippen molar-refractivity contribution in [3.8, 4) is 11.3 Å². The smallest absolute Gasteiger partial charge is 0.257 e. The molecule has 122 valence electrons. The molecule has 0 unspecified atom stereocenters. The molecule has 5 heteroatoms. The summed E-state index contributed by atoms with van der Waals surface area (Å²) in [6.07, 6.45) is 0. The number of nitrogens with one attached hydrogen (secondary N) is 1. The van der Waals surface area contributed by atoms with Crippen molar-refractivity contribution in [3.63, 3.8) is 0 Å². The number of benzene rings is 2. The lowest BCUT2D eigenvalue weighted by molar-refractivity contribution is 0.0939. The van der Waals surface area contributed by atoms with Crippen LogP contribution in [0.2, 0.25) is 5.02 Å². The first-order valence-corrected chi connectivity index (χ1v) is 8.02. The van der Waals surface area contributed by atoms with Gasteiger partial charge in [0.1, 0.15) is 17.0 Å². The van der Waals surface area contributed by atoms with E-state index in [-0.39, 0.29) is 11.9 Å². The van der Waals surface area contributed by atoms with Gasteiger partial charge >= 0.3 is 0 Å². The summed E-state index contributed by atoms with van der Waals surface area (Å²) in [5.74, 6) is 0.225. The number of amides is 1. The highest BCUT2D eigenvalue weighted by atomic mass is 35.5. The molecule has 2 aromatic carbocycles. The fraction of sp³-hybridized carbons (Fsp3) is 0.158. The van der Waals surface area contributed by atoms with E-state index in [4.69, 9.17) is 16.1 Å². The standard InChI is InChI=1S/C19H17ClN2O2/c1-12(14-8-4-3-5-9-14)21-19(23)17-13(2)24-22-18(17)15-10-6-7-11-16(15)20/h3-12H,1-2H3,(H,21,23)/t12-/m0/s1. The van der Waals surface area contributed by atoms with Gasteiger partial charge in [-0.25, -0.2) is 0 Å². The molecule has 1 aromatic heterocycles. The topological polar surface area (TPSA) is 55.1 Å². The zero-order valence-electron chi connectivity index (χ0n) is 13.4. The average molecular weight is 341 g/mol. The summed E-state index contributed by atoms with van der Waals surface area (Å²) >= 11 is 6.23. The molecule has 0 aliphatic heterocycles. The predicted molar refractivity (Wildman–Crippen MR) is 94.0 cm³/mol. The lowest BCUT2D eigenvalue weighted by Gasteiger charge is -2.14. The van der Waals surface area contributed by atoms with Crippen LogP contribution < -0.4 is 5.32 Å². The molecular formula is C19H17ClN2O2. The Labute approximate surface area is 145 Å². The van der Waals surface area contributed by atoms with Gasteiger partial charge in [-0.3, -0.25) is 4.79 Å². The highest BCUT2D eigenvalue weighted by Crippen LogP contribution is 2.31. The maximum Gasteiger partial charge on any atom is 0.257 e. The second-order valence-electron chi connectivity index (χ2n) is 5.55. The van der Waals surface area contributed by atoms with Gasteiger partial charge in [-0.2, -0.15) is 0 Å². The monoisotopic (exact) mass is 340 g/mol. The number of carbonyl (C=O) groups excluding carboxylic acids is 1. The Hall–Kier alpha value is -2.59. The van der Waals surface area contributed by atoms with Gasteiger partial charge in [0.25, 0.3) is 5.91 Å². The van der Waals surface area contributed by atoms with Crippen LogP contribution in [0.15, 0.2) is 59.1 Å². The Morgan fingerprint density at radius 1 is 1.12 bits per heavy atom. The summed E-state index contributed by atoms with van der Waals surface area (Å²) in [6.45, 7) is 3.65. The molecule has 24 heavy (non-hydrogen) atoms. The fourth-order valence-corrected chi connectivity index (χ4v) is 2.80. The number of hydrogen-bond acceptors (Lipinski definition) is 3. The number of rotatable bonds is 4. The maximum absolute atomic E-state index is 12.8. The minimum absolute atomic E-state index is 0.132. The third kappa shape index (κ3) is 3.19. The average Bonchev–Trinajstić information content (AvgIpc) is 2.97. The van der Waals surface area contributed by atoms with E-state index in [1.807, 2.05) is 55.5 Å². The molecule has 0 aliphatic rings. The van der Waals surface area contributed by atoms with E-state index >= 15 is 0 Å². The number of carbonyl (C=O) groups is 1. The molecule has 3 aromatic rings. The molecular weight excluding hydrogens is 324 g/mol. The normalized spacial score (nSPS) is 12.0. The van der Waals surface area contributed by atoms with Crippen LogP contribution in [-0.2, 0) is 0 Å². The van der Waals surface area contributed by atoms with Crippen LogP contribution >= 0.6 is 11.6 Å². The van der Waals surface area contributed by atoms with Crippen molar-refractivity contribution in [1.29, 1.82) is 0 Å². The predicted octanol–water partition coefficient (Wildman–Crippen LogP) is 4.79. The number of nitrogens with zero attached hydrogens (tertiary/aromatic N) is 1. The van der Waals surface area contributed by atoms with Crippen LogP contribution in [0.5, 0.6) is 0 Å². The Bertz CT molecular complexity index is 859. The van der Waals surface area contributed by atoms with Gasteiger partial charge in [0.05, 0.1) is 11.1 Å². The van der Waals surface area contributed by atoms with E-state index in [9.17, 15) is 4.79 Å². The molecule has 1 atom stereocenters. The van der Waals surface area contributed by atoms with Crippen LogP contribution in [0.25, 0.3) is 11.3 Å². The molecule has 0 spiro atoms. The van der Waals surface area contributed by atoms with E-state index in [0.29, 0.717) is 27.6 Å². The SMILES string of the molecule is Cc1onc(-c2ccccc2Cl)c1C(=O)N[C@@H](C)c1ccccc1. The molecule has 1 heterocycles. The number of aryl methyl sites for hydroxylation is 1. The van der Waals surface area contributed by atoms with Crippen LogP contribution in [0.3, 0.4) is 0 Å². The largest absolute Gasteiger partial charge is 0.360 e. The summed E-state index contributed by atoms with van der Waals surface area (Å²) in [5.41, 5.74) is 2.56. The van der Waals surface area contributed by atoms with Crippen molar-refractivity contribution >= 4 is 17.5 Å². The lowest BCUT2D eigenvalue weighted by atomic mass is 10.0. The molecule has 1 amide bonds. The zero-order valence-corrected chi connectivity index (χ0v) is 14.2. The van der Waals surface area contributed by atoms with E-state index in [2.05, 4.69) is 10.5 Å². The van der Waals surface area contributed by atoms with Gasteiger partial charge in [-0.1, -0.05) is 65.3 Å². The van der Waals surface area contributed by atoms with E-state index in [0.717, 1.165) is 5.56 Å². The minimum atomic E-state index is -0.236. The number of halogens is 1. The second-order valence-corrected chi connectivity index (χ2v) is 5.96. The molecule has 1 N–H and O–H groups in total. The quantitative estimate of drug-likeness (QED) is 0.742. The molecule has 0 fully saturated rings. The van der Waals surface area contributed by atoms with E-state index in [1.165, 1.54) is 0 Å². The maximum atomic E-state index is 12.8. The van der Waals surface area contributed by atoms with Crippen molar-refractivity contribution in [2.24, 2.45) is 0 Å². The van der Waals surface area contributed by atoms with Crippen molar-refractivity contribution in [1.82, 2.24) is 10.5 Å². The first kappa shape index (κ1) is 16.3. The highest BCUT2D eigenvalue weighted by molar-refractivity contribution is 6.33. The number of aromatic nitrogens is 1. The Morgan fingerprint density at radius 3 is 2.50 bits per heavy atom. The molecule has 0 bridgehead atoms. The van der Waals surface area contributed by atoms with Crippen LogP contribution in [0.4, 0.5) is 0 Å². The molecule has 0 saturated carbocycles. The van der Waals surface area contributed by atoms with Gasteiger partial charge in [0.15, 0.2) is 0 Å². The lowest BCUT2D eigenvalue weighted by Crippen LogP contribution is -2.27. The first-order valence-electron chi connectivity index (χ1n) is 7.65. The van der Waals surface area contributed by atoms with Crippen molar-refractivity contribution in [2.45, 2.75) is 19.9 Å². The highest BCUT2D eigenvalue weighted by Gasteiger charge is 2.24. The fourth-order valence-electron chi connectivity index (χ4n) is 2.57. The van der Waals surface area contributed by atoms with Crippen molar-refractivity contribution in [2.75, 3.05) is 0 Å². The number of hydrogen-bond donors (Lipinski definition) is 1. The summed E-state index contributed by atoms with van der Waals surface area (Å²) in [6, 6.07) is 16.9. The summed E-state index contributed by atoms with van der Waals surface area (Å²) < 4.78 is 5.24. The Morgan fingerprint density at radius 2 is 1.79 bits per heavy atom. The summed E-state index contributed by atoms with van der Waals surface area (Å²) in [7, 11) is 0. The molecule has 3 rings (SSSR count). The van der Waals surface area contributed by atoms with Gasteiger partial charge in [-0.15, -0.1) is 0 Å².